The number of sulfonamides is 1. The molecule has 0 radical (unpaired) electrons. The minimum absolute atomic E-state index is 0.0138. The van der Waals surface area contributed by atoms with Gasteiger partial charge in [-0.25, -0.2) is 8.42 Å². The molecule has 3 aromatic carbocycles. The largest absolute Gasteiger partial charge is 0.352 e. The van der Waals surface area contributed by atoms with Crippen LogP contribution in [-0.4, -0.2) is 43.8 Å². The SMILES string of the molecule is Cc1c(Cl)cccc1N(CC(=O)N(Cc1c(Cl)cccc1Cl)[C@H](C)C(=O)NC1CCCC1)S(=O)(=O)c1ccccc1. The normalized spacial score (nSPS) is 14.5. The van der Waals surface area contributed by atoms with E-state index in [1.807, 2.05) is 0 Å². The highest BCUT2D eigenvalue weighted by Crippen LogP contribution is 2.32. The van der Waals surface area contributed by atoms with Crippen LogP contribution in [0.15, 0.2) is 71.6 Å². The van der Waals surface area contributed by atoms with Gasteiger partial charge in [0.15, 0.2) is 0 Å². The third-order valence-corrected chi connectivity index (χ3v) is 10.3. The molecule has 1 fully saturated rings. The van der Waals surface area contributed by atoms with Crippen LogP contribution in [0.25, 0.3) is 0 Å². The molecule has 0 bridgehead atoms. The van der Waals surface area contributed by atoms with Crippen molar-refractivity contribution >= 4 is 62.3 Å². The van der Waals surface area contributed by atoms with Gasteiger partial charge in [0.2, 0.25) is 11.8 Å². The van der Waals surface area contributed by atoms with E-state index in [2.05, 4.69) is 5.32 Å². The van der Waals surface area contributed by atoms with Gasteiger partial charge in [-0.1, -0.05) is 78.0 Å². The van der Waals surface area contributed by atoms with Crippen LogP contribution in [0.2, 0.25) is 15.1 Å². The summed E-state index contributed by atoms with van der Waals surface area (Å²) in [6, 6.07) is 16.8. The van der Waals surface area contributed by atoms with E-state index in [-0.39, 0.29) is 29.1 Å². The summed E-state index contributed by atoms with van der Waals surface area (Å²) in [5, 5.41) is 4.06. The number of halogens is 3. The Morgan fingerprint density at radius 3 is 2.12 bits per heavy atom. The van der Waals surface area contributed by atoms with Gasteiger partial charge in [0.1, 0.15) is 12.6 Å². The second kappa shape index (κ2) is 13.5. The lowest BCUT2D eigenvalue weighted by Gasteiger charge is -2.33. The highest BCUT2D eigenvalue weighted by molar-refractivity contribution is 7.92. The van der Waals surface area contributed by atoms with Crippen molar-refractivity contribution in [1.29, 1.82) is 0 Å². The zero-order valence-electron chi connectivity index (χ0n) is 22.8. The number of rotatable bonds is 10. The van der Waals surface area contributed by atoms with Gasteiger partial charge < -0.3 is 10.2 Å². The zero-order chi connectivity index (χ0) is 29.7. The summed E-state index contributed by atoms with van der Waals surface area (Å²) < 4.78 is 28.9. The molecule has 0 heterocycles. The van der Waals surface area contributed by atoms with Gasteiger partial charge in [-0.05, 0) is 68.7 Å². The third-order valence-electron chi connectivity index (χ3n) is 7.38. The van der Waals surface area contributed by atoms with Crippen LogP contribution in [0.3, 0.4) is 0 Å². The number of nitrogens with one attached hydrogen (secondary N) is 1. The zero-order valence-corrected chi connectivity index (χ0v) is 25.9. The van der Waals surface area contributed by atoms with Gasteiger partial charge in [-0.2, -0.15) is 0 Å². The van der Waals surface area contributed by atoms with Crippen molar-refractivity contribution in [2.45, 2.75) is 63.1 Å². The number of benzene rings is 3. The van der Waals surface area contributed by atoms with E-state index >= 15 is 0 Å². The first-order valence-electron chi connectivity index (χ1n) is 13.4. The lowest BCUT2D eigenvalue weighted by Crippen LogP contribution is -2.52. The molecule has 0 unspecified atom stereocenters. The number of nitrogens with zero attached hydrogens (tertiary/aromatic N) is 2. The lowest BCUT2D eigenvalue weighted by atomic mass is 10.1. The van der Waals surface area contributed by atoms with Crippen LogP contribution in [0, 0.1) is 6.92 Å². The van der Waals surface area contributed by atoms with Crippen LogP contribution in [0.1, 0.15) is 43.7 Å². The fraction of sp³-hybridized carbons (Fsp3) is 0.333. The van der Waals surface area contributed by atoms with Gasteiger partial charge in [-0.15, -0.1) is 0 Å². The van der Waals surface area contributed by atoms with Crippen LogP contribution in [-0.2, 0) is 26.2 Å². The number of amides is 2. The molecule has 1 atom stereocenters. The summed E-state index contributed by atoms with van der Waals surface area (Å²) in [6.45, 7) is 2.63. The Kier molecular flexibility index (Phi) is 10.2. The Hall–Kier alpha value is -2.78. The average Bonchev–Trinajstić information content (AvgIpc) is 3.46. The first-order chi connectivity index (χ1) is 19.5. The molecule has 1 aliphatic carbocycles. The maximum absolute atomic E-state index is 14.1. The fourth-order valence-electron chi connectivity index (χ4n) is 4.93. The molecule has 1 saturated carbocycles. The van der Waals surface area contributed by atoms with Gasteiger partial charge in [0.25, 0.3) is 10.0 Å². The molecular formula is C30H32Cl3N3O4S. The standard InChI is InChI=1S/C30H32Cl3N3O4S/c1-20-25(31)14-9-17-28(20)36(41(39,40)23-12-4-3-5-13-23)19-29(37)35(18-24-26(32)15-8-16-27(24)33)21(2)30(38)34-22-10-6-7-11-22/h3-5,8-9,12-17,21-22H,6-7,10-11,18-19H2,1-2H3,(H,34,38)/t21-/m1/s1. The summed E-state index contributed by atoms with van der Waals surface area (Å²) in [5.74, 6) is -0.932. The molecule has 0 spiro atoms. The molecule has 218 valence electrons. The van der Waals surface area contributed by atoms with Gasteiger partial charge in [0, 0.05) is 33.2 Å². The van der Waals surface area contributed by atoms with E-state index in [9.17, 15) is 18.0 Å². The van der Waals surface area contributed by atoms with Gasteiger partial charge in [-0.3, -0.25) is 13.9 Å². The Labute approximate surface area is 256 Å². The number of carbonyl (C=O) groups is 2. The third kappa shape index (κ3) is 7.17. The van der Waals surface area contributed by atoms with E-state index in [0.29, 0.717) is 26.2 Å². The molecular weight excluding hydrogens is 605 g/mol. The molecule has 0 aliphatic heterocycles. The lowest BCUT2D eigenvalue weighted by molar-refractivity contribution is -0.139. The van der Waals surface area contributed by atoms with Crippen LogP contribution >= 0.6 is 34.8 Å². The number of carbonyl (C=O) groups excluding carboxylic acids is 2. The van der Waals surface area contributed by atoms with Crippen molar-refractivity contribution in [1.82, 2.24) is 10.2 Å². The predicted molar refractivity (Wildman–Crippen MR) is 164 cm³/mol. The van der Waals surface area contributed by atoms with Crippen molar-refractivity contribution in [3.05, 3.63) is 92.9 Å². The van der Waals surface area contributed by atoms with Gasteiger partial charge in [0.05, 0.1) is 10.6 Å². The minimum Gasteiger partial charge on any atom is -0.352 e. The smallest absolute Gasteiger partial charge is 0.264 e. The molecule has 1 N–H and O–H groups in total. The van der Waals surface area contributed by atoms with Crippen molar-refractivity contribution in [3.63, 3.8) is 0 Å². The molecule has 3 aromatic rings. The number of hydrogen-bond donors (Lipinski definition) is 1. The van der Waals surface area contributed by atoms with Crippen LogP contribution in [0.4, 0.5) is 5.69 Å². The second-order valence-corrected chi connectivity index (χ2v) is 13.2. The predicted octanol–water partition coefficient (Wildman–Crippen LogP) is 6.63. The fourth-order valence-corrected chi connectivity index (χ4v) is 7.11. The Morgan fingerprint density at radius 2 is 1.49 bits per heavy atom. The number of hydrogen-bond acceptors (Lipinski definition) is 4. The highest BCUT2D eigenvalue weighted by atomic mass is 35.5. The number of anilines is 1. The molecule has 2 amide bonds. The van der Waals surface area contributed by atoms with Crippen molar-refractivity contribution in [2.24, 2.45) is 0 Å². The first kappa shape index (κ1) is 31.2. The first-order valence-corrected chi connectivity index (χ1v) is 15.9. The van der Waals surface area contributed by atoms with Crippen molar-refractivity contribution in [3.8, 4) is 0 Å². The summed E-state index contributed by atoms with van der Waals surface area (Å²) in [6.07, 6.45) is 3.81. The molecule has 41 heavy (non-hydrogen) atoms. The van der Waals surface area contributed by atoms with E-state index in [0.717, 1.165) is 30.0 Å². The maximum atomic E-state index is 14.1. The highest BCUT2D eigenvalue weighted by Gasteiger charge is 2.34. The summed E-state index contributed by atoms with van der Waals surface area (Å²) in [5.41, 5.74) is 1.21. The Morgan fingerprint density at radius 1 is 0.902 bits per heavy atom. The Bertz CT molecular complexity index is 1490. The summed E-state index contributed by atoms with van der Waals surface area (Å²) in [4.78, 5) is 28.8. The Balaban J connectivity index is 1.74. The molecule has 1 aliphatic rings. The second-order valence-electron chi connectivity index (χ2n) is 10.1. The average molecular weight is 637 g/mol. The van der Waals surface area contributed by atoms with Crippen LogP contribution < -0.4 is 9.62 Å². The van der Waals surface area contributed by atoms with E-state index in [4.69, 9.17) is 34.8 Å². The van der Waals surface area contributed by atoms with E-state index in [1.165, 1.54) is 17.0 Å². The van der Waals surface area contributed by atoms with Gasteiger partial charge >= 0.3 is 0 Å². The monoisotopic (exact) mass is 635 g/mol. The van der Waals surface area contributed by atoms with Crippen molar-refractivity contribution < 1.29 is 18.0 Å². The molecule has 7 nitrogen and oxygen atoms in total. The molecule has 0 aromatic heterocycles. The maximum Gasteiger partial charge on any atom is 0.264 e. The topological polar surface area (TPSA) is 86.8 Å². The quantitative estimate of drug-likeness (QED) is 0.271. The molecule has 4 rings (SSSR count). The van der Waals surface area contributed by atoms with Crippen LogP contribution in [0.5, 0.6) is 0 Å². The molecule has 11 heteroatoms. The van der Waals surface area contributed by atoms with E-state index < -0.39 is 28.5 Å². The molecule has 0 saturated heterocycles. The summed E-state index contributed by atoms with van der Waals surface area (Å²) >= 11 is 19.3. The summed E-state index contributed by atoms with van der Waals surface area (Å²) in [7, 11) is -4.20. The minimum atomic E-state index is -4.20. The van der Waals surface area contributed by atoms with E-state index in [1.54, 1.807) is 68.4 Å². The van der Waals surface area contributed by atoms with Crippen molar-refractivity contribution in [2.75, 3.05) is 10.8 Å².